The maximum atomic E-state index is 13.9. The van der Waals surface area contributed by atoms with Crippen LogP contribution < -0.4 is 15.5 Å². The van der Waals surface area contributed by atoms with Gasteiger partial charge >= 0.3 is 6.03 Å². The van der Waals surface area contributed by atoms with Gasteiger partial charge in [0.15, 0.2) is 11.6 Å². The number of carbonyl (C=O) groups excluding carboxylic acids is 1. The zero-order valence-corrected chi connectivity index (χ0v) is 13.4. The molecule has 0 radical (unpaired) electrons. The number of hydrogen-bond donors (Lipinski definition) is 3. The van der Waals surface area contributed by atoms with Gasteiger partial charge in [0.25, 0.3) is 0 Å². The lowest BCUT2D eigenvalue weighted by molar-refractivity contribution is 0.251. The second kappa shape index (κ2) is 7.74. The lowest BCUT2D eigenvalue weighted by atomic mass is 10.1. The first-order valence-corrected chi connectivity index (χ1v) is 7.31. The minimum atomic E-state index is -0.763. The minimum absolute atomic E-state index is 0.0172. The van der Waals surface area contributed by atoms with Gasteiger partial charge in [-0.3, -0.25) is 0 Å². The normalized spacial score (nSPS) is 10.4. The Morgan fingerprint density at radius 3 is 2.25 bits per heavy atom. The average Bonchev–Trinajstić information content (AvgIpc) is 2.52. The monoisotopic (exact) mass is 335 g/mol. The molecule has 0 atom stereocenters. The van der Waals surface area contributed by atoms with Crippen LogP contribution in [-0.2, 0) is 13.2 Å². The molecule has 2 amide bonds. The number of aliphatic hydroxyl groups excluding tert-OH is 1. The highest BCUT2D eigenvalue weighted by molar-refractivity contribution is 5.89. The molecule has 2 aromatic carbocycles. The van der Waals surface area contributed by atoms with Crippen molar-refractivity contribution in [1.82, 2.24) is 5.32 Å². The van der Waals surface area contributed by atoms with Crippen molar-refractivity contribution in [3.63, 3.8) is 0 Å². The molecule has 2 aromatic rings. The standard InChI is InChI=1S/C17H19F2N3O2/c1-22(2)16-14(18)7-13(8-15(16)19)21-17(24)20-9-11-5-3-4-6-12(11)10-23/h3-8,23H,9-10H2,1-2H3,(H2,20,21,24). The molecule has 0 saturated carbocycles. The summed E-state index contributed by atoms with van der Waals surface area (Å²) >= 11 is 0. The van der Waals surface area contributed by atoms with Crippen molar-refractivity contribution < 1.29 is 18.7 Å². The summed E-state index contributed by atoms with van der Waals surface area (Å²) in [4.78, 5) is 13.2. The number of hydrogen-bond acceptors (Lipinski definition) is 3. The number of aliphatic hydroxyl groups is 1. The number of carbonyl (C=O) groups is 1. The van der Waals surface area contributed by atoms with Crippen molar-refractivity contribution in [3.8, 4) is 0 Å². The third kappa shape index (κ3) is 4.20. The number of rotatable bonds is 5. The fourth-order valence-electron chi connectivity index (χ4n) is 2.30. The third-order valence-electron chi connectivity index (χ3n) is 3.45. The molecule has 7 heteroatoms. The molecule has 0 aliphatic rings. The zero-order chi connectivity index (χ0) is 17.7. The van der Waals surface area contributed by atoms with Crippen LogP contribution in [-0.4, -0.2) is 25.2 Å². The number of halogens is 2. The van der Waals surface area contributed by atoms with Crippen LogP contribution in [0, 0.1) is 11.6 Å². The van der Waals surface area contributed by atoms with E-state index in [1.807, 2.05) is 0 Å². The van der Waals surface area contributed by atoms with E-state index in [0.29, 0.717) is 5.56 Å². The third-order valence-corrected chi connectivity index (χ3v) is 3.45. The Labute approximate surface area is 138 Å². The molecule has 0 bridgehead atoms. The summed E-state index contributed by atoms with van der Waals surface area (Å²) in [5.41, 5.74) is 1.31. The van der Waals surface area contributed by atoms with Gasteiger partial charge in [0.05, 0.1) is 6.61 Å². The van der Waals surface area contributed by atoms with Gasteiger partial charge in [-0.05, 0) is 23.3 Å². The van der Waals surface area contributed by atoms with E-state index in [-0.39, 0.29) is 24.5 Å². The molecule has 0 aliphatic carbocycles. The van der Waals surface area contributed by atoms with Crippen LogP contribution in [0.4, 0.5) is 25.0 Å². The van der Waals surface area contributed by atoms with E-state index in [1.165, 1.54) is 19.0 Å². The van der Waals surface area contributed by atoms with Crippen molar-refractivity contribution in [2.75, 3.05) is 24.3 Å². The number of urea groups is 1. The number of anilines is 2. The first-order valence-electron chi connectivity index (χ1n) is 7.31. The Kier molecular flexibility index (Phi) is 5.70. The number of amides is 2. The first-order chi connectivity index (χ1) is 11.4. The highest BCUT2D eigenvalue weighted by atomic mass is 19.1. The van der Waals surface area contributed by atoms with Gasteiger partial charge < -0.3 is 20.6 Å². The fraction of sp³-hybridized carbons (Fsp3) is 0.235. The Hall–Kier alpha value is -2.67. The Morgan fingerprint density at radius 1 is 1.12 bits per heavy atom. The second-order valence-electron chi connectivity index (χ2n) is 5.42. The summed E-state index contributed by atoms with van der Waals surface area (Å²) < 4.78 is 27.8. The van der Waals surface area contributed by atoms with E-state index in [0.717, 1.165) is 17.7 Å². The Morgan fingerprint density at radius 2 is 1.71 bits per heavy atom. The van der Waals surface area contributed by atoms with Gasteiger partial charge in [0.1, 0.15) is 5.69 Å². The molecular weight excluding hydrogens is 316 g/mol. The number of nitrogens with one attached hydrogen (secondary N) is 2. The van der Waals surface area contributed by atoms with Crippen molar-refractivity contribution in [1.29, 1.82) is 0 Å². The highest BCUT2D eigenvalue weighted by Crippen LogP contribution is 2.25. The van der Waals surface area contributed by atoms with Crippen LogP contribution in [0.15, 0.2) is 36.4 Å². The highest BCUT2D eigenvalue weighted by Gasteiger charge is 2.14. The van der Waals surface area contributed by atoms with Gasteiger partial charge in [-0.15, -0.1) is 0 Å². The molecule has 0 unspecified atom stereocenters. The molecule has 2 rings (SSSR count). The van der Waals surface area contributed by atoms with Gasteiger partial charge in [0.2, 0.25) is 0 Å². The van der Waals surface area contributed by atoms with Gasteiger partial charge in [-0.1, -0.05) is 24.3 Å². The number of nitrogens with zero attached hydrogens (tertiary/aromatic N) is 1. The van der Waals surface area contributed by atoms with E-state index in [4.69, 9.17) is 0 Å². The molecule has 0 aliphatic heterocycles. The van der Waals surface area contributed by atoms with Crippen molar-refractivity contribution in [2.24, 2.45) is 0 Å². The van der Waals surface area contributed by atoms with Crippen LogP contribution in [0.5, 0.6) is 0 Å². The molecule has 24 heavy (non-hydrogen) atoms. The van der Waals surface area contributed by atoms with E-state index in [1.54, 1.807) is 24.3 Å². The van der Waals surface area contributed by atoms with Gasteiger partial charge in [-0.2, -0.15) is 0 Å². The van der Waals surface area contributed by atoms with Crippen LogP contribution in [0.25, 0.3) is 0 Å². The van der Waals surface area contributed by atoms with Crippen LogP contribution in [0.2, 0.25) is 0 Å². The first kappa shape index (κ1) is 17.7. The van der Waals surface area contributed by atoms with Crippen molar-refractivity contribution >= 4 is 17.4 Å². The molecule has 0 fully saturated rings. The van der Waals surface area contributed by atoms with E-state index in [2.05, 4.69) is 10.6 Å². The van der Waals surface area contributed by atoms with Crippen molar-refractivity contribution in [2.45, 2.75) is 13.2 Å². The van der Waals surface area contributed by atoms with Crippen molar-refractivity contribution in [3.05, 3.63) is 59.2 Å². The smallest absolute Gasteiger partial charge is 0.319 e. The molecule has 0 spiro atoms. The van der Waals surface area contributed by atoms with E-state index >= 15 is 0 Å². The van der Waals surface area contributed by atoms with Crippen LogP contribution >= 0.6 is 0 Å². The zero-order valence-electron chi connectivity index (χ0n) is 13.4. The summed E-state index contributed by atoms with van der Waals surface area (Å²) in [6.45, 7) is 0.0468. The van der Waals surface area contributed by atoms with E-state index in [9.17, 15) is 18.7 Å². The minimum Gasteiger partial charge on any atom is -0.392 e. The van der Waals surface area contributed by atoms with Crippen LogP contribution in [0.1, 0.15) is 11.1 Å². The quantitative estimate of drug-likeness (QED) is 0.787. The summed E-state index contributed by atoms with van der Waals surface area (Å²) in [5, 5.41) is 14.2. The average molecular weight is 335 g/mol. The molecule has 5 nitrogen and oxygen atoms in total. The largest absolute Gasteiger partial charge is 0.392 e. The molecular formula is C17H19F2N3O2. The lowest BCUT2D eigenvalue weighted by Crippen LogP contribution is -2.28. The number of benzene rings is 2. The molecule has 3 N–H and O–H groups in total. The summed E-state index contributed by atoms with van der Waals surface area (Å²) in [5.74, 6) is -1.53. The topological polar surface area (TPSA) is 64.6 Å². The maximum absolute atomic E-state index is 13.9. The predicted octanol–water partition coefficient (Wildman–Crippen LogP) is 2.84. The SMILES string of the molecule is CN(C)c1c(F)cc(NC(=O)NCc2ccccc2CO)cc1F. The maximum Gasteiger partial charge on any atom is 0.319 e. The van der Waals surface area contributed by atoms with E-state index < -0.39 is 17.7 Å². The molecule has 128 valence electrons. The Balaban J connectivity index is 2.02. The fourth-order valence-corrected chi connectivity index (χ4v) is 2.30. The summed E-state index contributed by atoms with van der Waals surface area (Å²) in [7, 11) is 3.06. The summed E-state index contributed by atoms with van der Waals surface area (Å²) in [6, 6.07) is 8.61. The lowest BCUT2D eigenvalue weighted by Gasteiger charge is -2.16. The summed E-state index contributed by atoms with van der Waals surface area (Å²) in [6.07, 6.45) is 0. The predicted molar refractivity (Wildman–Crippen MR) is 88.9 cm³/mol. The molecule has 0 heterocycles. The molecule has 0 saturated heterocycles. The van der Waals surface area contributed by atoms with Gasteiger partial charge in [0, 0.05) is 26.3 Å². The second-order valence-corrected chi connectivity index (χ2v) is 5.42. The molecule has 0 aromatic heterocycles. The van der Waals surface area contributed by atoms with Crippen LogP contribution in [0.3, 0.4) is 0 Å². The Bertz CT molecular complexity index is 713. The van der Waals surface area contributed by atoms with Gasteiger partial charge in [-0.25, -0.2) is 13.6 Å².